The lowest BCUT2D eigenvalue weighted by atomic mass is 10.1. The molecule has 3 aromatic rings. The van der Waals surface area contributed by atoms with Crippen LogP contribution in [-0.4, -0.2) is 27.3 Å². The van der Waals surface area contributed by atoms with Gasteiger partial charge in [0.1, 0.15) is 11.5 Å². The van der Waals surface area contributed by atoms with Gasteiger partial charge in [0, 0.05) is 29.9 Å². The number of carbonyl (C=O) groups excluding carboxylic acids is 1. The van der Waals surface area contributed by atoms with Crippen molar-refractivity contribution in [3.63, 3.8) is 0 Å². The molecule has 30 heavy (non-hydrogen) atoms. The summed E-state index contributed by atoms with van der Waals surface area (Å²) in [4.78, 5) is 15.9. The Hall–Kier alpha value is -3.52. The van der Waals surface area contributed by atoms with Crippen molar-refractivity contribution < 1.29 is 14.6 Å². The number of phenols is 1. The van der Waals surface area contributed by atoms with Gasteiger partial charge in [0.15, 0.2) is 0 Å². The summed E-state index contributed by atoms with van der Waals surface area (Å²) in [6.45, 7) is 3.30. The number of carbonyl (C=O) groups is 1. The number of nitrogens with two attached hydrogens (primary N) is 2. The second-order valence-corrected chi connectivity index (χ2v) is 6.78. The third-order valence-corrected chi connectivity index (χ3v) is 4.83. The minimum absolute atomic E-state index is 0.0203. The Labute approximate surface area is 175 Å². The Kier molecular flexibility index (Phi) is 6.92. The highest BCUT2D eigenvalue weighted by Crippen LogP contribution is 2.34. The van der Waals surface area contributed by atoms with Crippen LogP contribution in [0.25, 0.3) is 11.3 Å². The molecule has 0 aliphatic rings. The van der Waals surface area contributed by atoms with E-state index in [0.717, 1.165) is 30.6 Å². The normalized spacial score (nSPS) is 10.7. The van der Waals surface area contributed by atoms with Crippen LogP contribution in [0.15, 0.2) is 48.8 Å². The first-order valence-corrected chi connectivity index (χ1v) is 9.88. The molecule has 0 saturated heterocycles. The molecule has 1 aromatic heterocycles. The number of ether oxygens (including phenoxy) is 1. The van der Waals surface area contributed by atoms with Crippen molar-refractivity contribution in [3.8, 4) is 22.8 Å². The lowest BCUT2D eigenvalue weighted by Gasteiger charge is -2.16. The zero-order chi connectivity index (χ0) is 21.5. The maximum absolute atomic E-state index is 11.3. The molecule has 0 fully saturated rings. The molecule has 6 N–H and O–H groups in total. The molecule has 2 amide bonds. The summed E-state index contributed by atoms with van der Waals surface area (Å²) < 4.78 is 7.99. The fourth-order valence-corrected chi connectivity index (χ4v) is 3.43. The molecule has 158 valence electrons. The molecule has 2 aromatic carbocycles. The summed E-state index contributed by atoms with van der Waals surface area (Å²) in [6, 6.07) is 12.4. The molecule has 0 aliphatic carbocycles. The van der Waals surface area contributed by atoms with Gasteiger partial charge in [-0.3, -0.25) is 0 Å². The third-order valence-electron chi connectivity index (χ3n) is 4.83. The third kappa shape index (κ3) is 4.72. The van der Waals surface area contributed by atoms with Crippen LogP contribution >= 0.6 is 0 Å². The van der Waals surface area contributed by atoms with E-state index in [4.69, 9.17) is 16.2 Å². The smallest absolute Gasteiger partial charge is 0.316 e. The van der Waals surface area contributed by atoms with Gasteiger partial charge < -0.3 is 31.2 Å². The van der Waals surface area contributed by atoms with Crippen LogP contribution in [0, 0.1) is 0 Å². The van der Waals surface area contributed by atoms with Crippen molar-refractivity contribution in [3.05, 3.63) is 60.0 Å². The van der Waals surface area contributed by atoms with Gasteiger partial charge in [-0.2, -0.15) is 0 Å². The van der Waals surface area contributed by atoms with E-state index in [1.54, 1.807) is 6.07 Å². The number of benzene rings is 2. The number of nitrogens with zero attached hydrogens (tertiary/aromatic N) is 2. The zero-order valence-electron chi connectivity index (χ0n) is 17.0. The van der Waals surface area contributed by atoms with E-state index in [1.807, 2.05) is 24.5 Å². The van der Waals surface area contributed by atoms with Crippen LogP contribution in [0.3, 0.4) is 0 Å². The minimum atomic E-state index is -0.750. The van der Waals surface area contributed by atoms with E-state index in [2.05, 4.69) is 33.9 Å². The summed E-state index contributed by atoms with van der Waals surface area (Å²) in [6.07, 6.45) is 3.45. The second kappa shape index (κ2) is 9.80. The van der Waals surface area contributed by atoms with Crippen LogP contribution in [0.5, 0.6) is 11.5 Å². The second-order valence-electron chi connectivity index (χ2n) is 6.78. The molecule has 0 unspecified atom stereocenters. The molecular formula is C22H27N5O3. The van der Waals surface area contributed by atoms with E-state index >= 15 is 0 Å². The van der Waals surface area contributed by atoms with Crippen LogP contribution < -0.4 is 21.5 Å². The van der Waals surface area contributed by atoms with Crippen molar-refractivity contribution in [2.75, 3.05) is 11.9 Å². The molecule has 8 heteroatoms. The maximum Gasteiger partial charge on any atom is 0.316 e. The Morgan fingerprint density at radius 1 is 1.23 bits per heavy atom. The Morgan fingerprint density at radius 3 is 2.67 bits per heavy atom. The molecule has 1 heterocycles. The summed E-state index contributed by atoms with van der Waals surface area (Å²) in [5.74, 6) is 0.395. The number of hydrogen-bond acceptors (Lipinski definition) is 5. The van der Waals surface area contributed by atoms with Gasteiger partial charge in [0.05, 0.1) is 24.3 Å². The quantitative estimate of drug-likeness (QED) is 0.403. The standard InChI is InChI=1S/C22H27N5O3/c1-2-17-20(15-7-4-3-5-8-15)25-14-27(17)11-6-12-30-19-10-9-18(28)16(13-23)21(19)26-22(24)29/h3-5,7-10,14,28H,2,6,11-13,23H2,1H3,(H3,24,26,29). The fourth-order valence-electron chi connectivity index (χ4n) is 3.43. The number of amides is 2. The number of primary amides is 1. The number of imidazole rings is 1. The monoisotopic (exact) mass is 409 g/mol. The number of phenolic OH excluding ortho intramolecular Hbond substituents is 1. The minimum Gasteiger partial charge on any atom is -0.508 e. The molecule has 8 nitrogen and oxygen atoms in total. The fraction of sp³-hybridized carbons (Fsp3) is 0.273. The SMILES string of the molecule is CCc1c(-c2ccccc2)ncn1CCCOc1ccc(O)c(CN)c1NC(N)=O. The van der Waals surface area contributed by atoms with E-state index in [9.17, 15) is 9.90 Å². The van der Waals surface area contributed by atoms with Crippen LogP contribution in [0.1, 0.15) is 24.6 Å². The van der Waals surface area contributed by atoms with Gasteiger partial charge in [-0.05, 0) is 25.0 Å². The largest absolute Gasteiger partial charge is 0.508 e. The summed E-state index contributed by atoms with van der Waals surface area (Å²) in [5.41, 5.74) is 14.9. The van der Waals surface area contributed by atoms with E-state index < -0.39 is 6.03 Å². The van der Waals surface area contributed by atoms with Crippen LogP contribution in [0.2, 0.25) is 0 Å². The number of anilines is 1. The zero-order valence-corrected chi connectivity index (χ0v) is 17.0. The number of aromatic hydroxyl groups is 1. The first-order chi connectivity index (χ1) is 14.5. The van der Waals surface area contributed by atoms with Gasteiger partial charge in [-0.1, -0.05) is 37.3 Å². The summed E-state index contributed by atoms with van der Waals surface area (Å²) >= 11 is 0. The number of rotatable bonds is 9. The number of aryl methyl sites for hydroxylation is 1. The van der Waals surface area contributed by atoms with Gasteiger partial charge in [-0.15, -0.1) is 0 Å². The molecular weight excluding hydrogens is 382 g/mol. The average molecular weight is 409 g/mol. The maximum atomic E-state index is 11.3. The summed E-state index contributed by atoms with van der Waals surface area (Å²) in [5, 5.41) is 12.5. The first kappa shape index (κ1) is 21.2. The molecule has 0 bridgehead atoms. The topological polar surface area (TPSA) is 128 Å². The van der Waals surface area contributed by atoms with E-state index in [0.29, 0.717) is 23.6 Å². The lowest BCUT2D eigenvalue weighted by Crippen LogP contribution is -2.21. The first-order valence-electron chi connectivity index (χ1n) is 9.88. The van der Waals surface area contributed by atoms with E-state index in [1.165, 1.54) is 11.8 Å². The van der Waals surface area contributed by atoms with Crippen molar-refractivity contribution in [2.24, 2.45) is 11.5 Å². The average Bonchev–Trinajstić information content (AvgIpc) is 3.16. The van der Waals surface area contributed by atoms with Gasteiger partial charge in [-0.25, -0.2) is 9.78 Å². The van der Waals surface area contributed by atoms with Crippen molar-refractivity contribution in [1.29, 1.82) is 0 Å². The molecule has 0 aliphatic heterocycles. The Morgan fingerprint density at radius 2 is 2.00 bits per heavy atom. The number of urea groups is 1. The molecule has 0 saturated carbocycles. The number of nitrogens with one attached hydrogen (secondary N) is 1. The molecule has 0 atom stereocenters. The van der Waals surface area contributed by atoms with Crippen molar-refractivity contribution >= 4 is 11.7 Å². The van der Waals surface area contributed by atoms with Gasteiger partial charge in [0.25, 0.3) is 0 Å². The van der Waals surface area contributed by atoms with Crippen molar-refractivity contribution in [2.45, 2.75) is 32.9 Å². The van der Waals surface area contributed by atoms with Crippen LogP contribution in [-0.2, 0) is 19.5 Å². The molecule has 0 radical (unpaired) electrons. The number of hydrogen-bond donors (Lipinski definition) is 4. The van der Waals surface area contributed by atoms with Crippen molar-refractivity contribution in [1.82, 2.24) is 9.55 Å². The predicted molar refractivity (Wildman–Crippen MR) is 116 cm³/mol. The molecule has 0 spiro atoms. The highest BCUT2D eigenvalue weighted by Gasteiger charge is 2.15. The van der Waals surface area contributed by atoms with Gasteiger partial charge in [0.2, 0.25) is 0 Å². The Balaban J connectivity index is 1.67. The summed E-state index contributed by atoms with van der Waals surface area (Å²) in [7, 11) is 0. The lowest BCUT2D eigenvalue weighted by molar-refractivity contribution is 0.259. The Bertz CT molecular complexity index is 1000. The number of aromatic nitrogens is 2. The highest BCUT2D eigenvalue weighted by atomic mass is 16.5. The molecule has 3 rings (SSSR count). The highest BCUT2D eigenvalue weighted by molar-refractivity contribution is 5.91. The van der Waals surface area contributed by atoms with Crippen LogP contribution in [0.4, 0.5) is 10.5 Å². The predicted octanol–water partition coefficient (Wildman–Crippen LogP) is 3.24. The van der Waals surface area contributed by atoms with E-state index in [-0.39, 0.29) is 12.3 Å². The van der Waals surface area contributed by atoms with Gasteiger partial charge >= 0.3 is 6.03 Å².